The Bertz CT molecular complexity index is 548. The summed E-state index contributed by atoms with van der Waals surface area (Å²) in [6, 6.07) is 12.9. The summed E-state index contributed by atoms with van der Waals surface area (Å²) in [4.78, 5) is 4.57. The second-order valence-corrected chi connectivity index (χ2v) is 5.35. The van der Waals surface area contributed by atoms with Gasteiger partial charge in [-0.15, -0.1) is 0 Å². The van der Waals surface area contributed by atoms with Gasteiger partial charge in [-0.05, 0) is 38.3 Å². The number of H-pyrrole nitrogens is 1. The molecule has 2 rings (SSSR count). The zero-order valence-electron chi connectivity index (χ0n) is 13.3. The summed E-state index contributed by atoms with van der Waals surface area (Å²) in [5.74, 6) is 0.845. The van der Waals surface area contributed by atoms with Crippen LogP contribution < -0.4 is 10.6 Å². The van der Waals surface area contributed by atoms with Crippen LogP contribution in [0.5, 0.6) is 0 Å². The largest absolute Gasteiger partial charge is 0.357 e. The number of guanidine groups is 1. The van der Waals surface area contributed by atoms with Gasteiger partial charge in [-0.1, -0.05) is 30.3 Å². The predicted molar refractivity (Wildman–Crippen MR) is 90.8 cm³/mol. The number of aromatic amines is 1. The standard InChI is InChI=1S/C17H25N5/c1-3-18-17(19-13-16-11-12-20-22-16)21-14(2)9-10-15-7-5-4-6-8-15/h4-8,11-12,14H,3,9-10,13H2,1-2H3,(H,20,22)(H2,18,19,21). The van der Waals surface area contributed by atoms with Gasteiger partial charge in [0.2, 0.25) is 0 Å². The van der Waals surface area contributed by atoms with Gasteiger partial charge < -0.3 is 10.6 Å². The van der Waals surface area contributed by atoms with Gasteiger partial charge in [-0.3, -0.25) is 5.10 Å². The first-order valence-electron chi connectivity index (χ1n) is 7.85. The van der Waals surface area contributed by atoms with E-state index in [4.69, 9.17) is 0 Å². The van der Waals surface area contributed by atoms with Crippen molar-refractivity contribution in [2.24, 2.45) is 4.99 Å². The molecular formula is C17H25N5. The Kier molecular flexibility index (Phi) is 6.48. The molecule has 22 heavy (non-hydrogen) atoms. The van der Waals surface area contributed by atoms with Gasteiger partial charge in [0.1, 0.15) is 0 Å². The first-order valence-corrected chi connectivity index (χ1v) is 7.85. The minimum Gasteiger partial charge on any atom is -0.357 e. The lowest BCUT2D eigenvalue weighted by molar-refractivity contribution is 0.593. The van der Waals surface area contributed by atoms with Gasteiger partial charge in [-0.2, -0.15) is 5.10 Å². The number of rotatable bonds is 7. The highest BCUT2D eigenvalue weighted by Gasteiger charge is 2.05. The third-order valence-corrected chi connectivity index (χ3v) is 3.40. The van der Waals surface area contributed by atoms with E-state index >= 15 is 0 Å². The summed E-state index contributed by atoms with van der Waals surface area (Å²) in [6.45, 7) is 5.70. The summed E-state index contributed by atoms with van der Waals surface area (Å²) in [5, 5.41) is 13.6. The van der Waals surface area contributed by atoms with E-state index < -0.39 is 0 Å². The molecule has 0 bridgehead atoms. The van der Waals surface area contributed by atoms with Gasteiger partial charge in [0.05, 0.1) is 12.2 Å². The van der Waals surface area contributed by atoms with Crippen molar-refractivity contribution >= 4 is 5.96 Å². The average molecular weight is 299 g/mol. The molecule has 118 valence electrons. The summed E-state index contributed by atoms with van der Waals surface area (Å²) < 4.78 is 0. The zero-order valence-corrected chi connectivity index (χ0v) is 13.3. The normalized spacial score (nSPS) is 12.9. The molecule has 5 nitrogen and oxygen atoms in total. The van der Waals surface area contributed by atoms with E-state index in [9.17, 15) is 0 Å². The summed E-state index contributed by atoms with van der Waals surface area (Å²) in [6.07, 6.45) is 3.88. The quantitative estimate of drug-likeness (QED) is 0.543. The lowest BCUT2D eigenvalue weighted by Gasteiger charge is -2.17. The van der Waals surface area contributed by atoms with Crippen molar-refractivity contribution in [3.8, 4) is 0 Å². The number of hydrogen-bond acceptors (Lipinski definition) is 2. The van der Waals surface area contributed by atoms with E-state index in [0.717, 1.165) is 31.0 Å². The highest BCUT2D eigenvalue weighted by atomic mass is 15.2. The number of aryl methyl sites for hydroxylation is 1. The maximum absolute atomic E-state index is 4.57. The average Bonchev–Trinajstić information content (AvgIpc) is 3.05. The lowest BCUT2D eigenvalue weighted by atomic mass is 10.1. The van der Waals surface area contributed by atoms with Crippen molar-refractivity contribution in [1.82, 2.24) is 20.8 Å². The zero-order chi connectivity index (χ0) is 15.6. The van der Waals surface area contributed by atoms with Crippen LogP contribution in [0.25, 0.3) is 0 Å². The molecule has 5 heteroatoms. The Hall–Kier alpha value is -2.30. The number of benzene rings is 1. The van der Waals surface area contributed by atoms with Gasteiger partial charge in [0.15, 0.2) is 5.96 Å². The van der Waals surface area contributed by atoms with E-state index in [0.29, 0.717) is 12.6 Å². The van der Waals surface area contributed by atoms with Crippen LogP contribution in [0, 0.1) is 0 Å². The minimum absolute atomic E-state index is 0.361. The summed E-state index contributed by atoms with van der Waals surface area (Å²) in [7, 11) is 0. The third kappa shape index (κ3) is 5.60. The van der Waals surface area contributed by atoms with Crippen LogP contribution in [0.1, 0.15) is 31.5 Å². The molecule has 0 aliphatic rings. The smallest absolute Gasteiger partial charge is 0.191 e. The molecule has 0 spiro atoms. The first kappa shape index (κ1) is 16.1. The van der Waals surface area contributed by atoms with Crippen LogP contribution >= 0.6 is 0 Å². The molecule has 3 N–H and O–H groups in total. The van der Waals surface area contributed by atoms with Crippen molar-refractivity contribution in [2.45, 2.75) is 39.3 Å². The molecule has 2 aromatic rings. The molecule has 0 saturated heterocycles. The SMILES string of the molecule is CCNC(=NCc1ccn[nH]1)NC(C)CCc1ccccc1. The fourth-order valence-corrected chi connectivity index (χ4v) is 2.19. The van der Waals surface area contributed by atoms with Crippen LogP contribution in [-0.2, 0) is 13.0 Å². The topological polar surface area (TPSA) is 65.1 Å². The van der Waals surface area contributed by atoms with Crippen molar-refractivity contribution < 1.29 is 0 Å². The highest BCUT2D eigenvalue weighted by Crippen LogP contribution is 2.04. The fraction of sp³-hybridized carbons (Fsp3) is 0.412. The maximum Gasteiger partial charge on any atom is 0.191 e. The highest BCUT2D eigenvalue weighted by molar-refractivity contribution is 5.80. The first-order chi connectivity index (χ1) is 10.8. The van der Waals surface area contributed by atoms with Crippen LogP contribution in [0.2, 0.25) is 0 Å². The summed E-state index contributed by atoms with van der Waals surface area (Å²) in [5.41, 5.74) is 2.38. The molecule has 1 heterocycles. The molecule has 0 amide bonds. The minimum atomic E-state index is 0.361. The third-order valence-electron chi connectivity index (χ3n) is 3.40. The van der Waals surface area contributed by atoms with E-state index in [-0.39, 0.29) is 0 Å². The van der Waals surface area contributed by atoms with Crippen LogP contribution in [-0.4, -0.2) is 28.7 Å². The monoisotopic (exact) mass is 299 g/mol. The molecule has 1 aromatic carbocycles. The van der Waals surface area contributed by atoms with Crippen molar-refractivity contribution in [2.75, 3.05) is 6.54 Å². The van der Waals surface area contributed by atoms with E-state index in [2.05, 4.69) is 70.0 Å². The molecular weight excluding hydrogens is 274 g/mol. The van der Waals surface area contributed by atoms with Crippen LogP contribution in [0.4, 0.5) is 0 Å². The van der Waals surface area contributed by atoms with Crippen molar-refractivity contribution in [3.63, 3.8) is 0 Å². The Morgan fingerprint density at radius 1 is 1.27 bits per heavy atom. The molecule has 0 radical (unpaired) electrons. The van der Waals surface area contributed by atoms with Crippen LogP contribution in [0.3, 0.4) is 0 Å². The second kappa shape index (κ2) is 8.87. The Morgan fingerprint density at radius 2 is 2.09 bits per heavy atom. The fourth-order valence-electron chi connectivity index (χ4n) is 2.19. The number of aliphatic imine (C=N–C) groups is 1. The summed E-state index contributed by atoms with van der Waals surface area (Å²) >= 11 is 0. The van der Waals surface area contributed by atoms with Gasteiger partial charge in [-0.25, -0.2) is 4.99 Å². The number of hydrogen-bond donors (Lipinski definition) is 3. The molecule has 1 atom stereocenters. The second-order valence-electron chi connectivity index (χ2n) is 5.35. The van der Waals surface area contributed by atoms with E-state index in [1.54, 1.807) is 6.20 Å². The van der Waals surface area contributed by atoms with Gasteiger partial charge in [0, 0.05) is 18.8 Å². The Labute approximate surface area is 132 Å². The Balaban J connectivity index is 1.82. The van der Waals surface area contributed by atoms with Crippen LogP contribution in [0.15, 0.2) is 47.6 Å². The lowest BCUT2D eigenvalue weighted by Crippen LogP contribution is -2.42. The molecule has 1 unspecified atom stereocenters. The predicted octanol–water partition coefficient (Wildman–Crippen LogP) is 2.49. The number of nitrogens with one attached hydrogen (secondary N) is 3. The maximum atomic E-state index is 4.57. The van der Waals surface area contributed by atoms with Gasteiger partial charge >= 0.3 is 0 Å². The molecule has 1 aromatic heterocycles. The number of nitrogens with zero attached hydrogens (tertiary/aromatic N) is 2. The van der Waals surface area contributed by atoms with Crippen molar-refractivity contribution in [1.29, 1.82) is 0 Å². The van der Waals surface area contributed by atoms with Gasteiger partial charge in [0.25, 0.3) is 0 Å². The molecule has 0 aliphatic heterocycles. The molecule has 0 saturated carbocycles. The number of aromatic nitrogens is 2. The van der Waals surface area contributed by atoms with E-state index in [1.165, 1.54) is 5.56 Å². The molecule has 0 fully saturated rings. The van der Waals surface area contributed by atoms with E-state index in [1.807, 2.05) is 6.07 Å². The Morgan fingerprint density at radius 3 is 2.77 bits per heavy atom. The van der Waals surface area contributed by atoms with Crippen molar-refractivity contribution in [3.05, 3.63) is 53.9 Å². The molecule has 0 aliphatic carbocycles.